The van der Waals surface area contributed by atoms with Gasteiger partial charge in [-0.25, -0.2) is 0 Å². The van der Waals surface area contributed by atoms with Crippen molar-refractivity contribution in [2.45, 2.75) is 39.0 Å². The van der Waals surface area contributed by atoms with Crippen LogP contribution in [0.4, 0.5) is 0 Å². The van der Waals surface area contributed by atoms with Gasteiger partial charge in [-0.05, 0) is 26.6 Å². The normalized spacial score (nSPS) is 18.6. The van der Waals surface area contributed by atoms with Gasteiger partial charge in [0.2, 0.25) is 0 Å². The van der Waals surface area contributed by atoms with Gasteiger partial charge in [0, 0.05) is 0 Å². The molecule has 2 N–H and O–H groups in total. The Hall–Kier alpha value is 0.0969. The monoisotopic (exact) mass is 164 g/mol. The highest BCUT2D eigenvalue weighted by atomic mass is 28.4. The molecule has 0 saturated carbocycles. The predicted molar refractivity (Wildman–Crippen MR) is 42.1 cm³/mol. The summed E-state index contributed by atoms with van der Waals surface area (Å²) in [4.78, 5) is 0. The van der Waals surface area contributed by atoms with Crippen LogP contribution in [-0.4, -0.2) is 30.9 Å². The zero-order valence-electron chi connectivity index (χ0n) is 6.96. The standard InChI is InChI=1S/C6H16O3Si/c1-5(7)6(8)9-10(2,3)4/h5-8H,1-4H3. The molecular formula is C6H16O3Si. The molecule has 0 bridgehead atoms. The second-order valence-corrected chi connectivity index (χ2v) is 7.82. The van der Waals surface area contributed by atoms with Crippen LogP contribution in [0.25, 0.3) is 0 Å². The lowest BCUT2D eigenvalue weighted by Crippen LogP contribution is -2.37. The van der Waals surface area contributed by atoms with Gasteiger partial charge in [-0.1, -0.05) is 0 Å². The minimum Gasteiger partial charge on any atom is -0.391 e. The molecule has 0 aliphatic carbocycles. The first-order chi connectivity index (χ1) is 4.33. The summed E-state index contributed by atoms with van der Waals surface area (Å²) in [5, 5.41) is 17.9. The van der Waals surface area contributed by atoms with E-state index in [-0.39, 0.29) is 0 Å². The zero-order valence-corrected chi connectivity index (χ0v) is 7.96. The third-order valence-electron chi connectivity index (χ3n) is 0.887. The van der Waals surface area contributed by atoms with Crippen molar-refractivity contribution in [1.82, 2.24) is 0 Å². The first-order valence-electron chi connectivity index (χ1n) is 3.37. The highest BCUT2D eigenvalue weighted by Crippen LogP contribution is 2.07. The Bertz CT molecular complexity index is 97.7. The van der Waals surface area contributed by atoms with Gasteiger partial charge in [0.15, 0.2) is 14.6 Å². The molecule has 2 unspecified atom stereocenters. The van der Waals surface area contributed by atoms with E-state index in [0.717, 1.165) is 0 Å². The van der Waals surface area contributed by atoms with E-state index in [1.165, 1.54) is 6.92 Å². The summed E-state index contributed by atoms with van der Waals surface area (Å²) in [6.07, 6.45) is -1.82. The van der Waals surface area contributed by atoms with Gasteiger partial charge >= 0.3 is 0 Å². The number of aliphatic hydroxyl groups is 2. The molecule has 0 amide bonds. The van der Waals surface area contributed by atoms with Crippen molar-refractivity contribution < 1.29 is 14.6 Å². The van der Waals surface area contributed by atoms with Crippen LogP contribution in [0.15, 0.2) is 0 Å². The molecule has 2 atom stereocenters. The van der Waals surface area contributed by atoms with Crippen molar-refractivity contribution in [2.75, 3.05) is 0 Å². The highest BCUT2D eigenvalue weighted by molar-refractivity contribution is 6.69. The molecule has 62 valence electrons. The third kappa shape index (κ3) is 4.93. The Morgan fingerprint density at radius 3 is 1.70 bits per heavy atom. The van der Waals surface area contributed by atoms with Crippen LogP contribution in [0.3, 0.4) is 0 Å². The summed E-state index contributed by atoms with van der Waals surface area (Å²) in [6.45, 7) is 7.38. The molecule has 3 nitrogen and oxygen atoms in total. The Kier molecular flexibility index (Phi) is 3.51. The average molecular weight is 164 g/mol. The molecule has 0 aromatic heterocycles. The third-order valence-corrected chi connectivity index (χ3v) is 1.84. The predicted octanol–water partition coefficient (Wildman–Crippen LogP) is 0.537. The van der Waals surface area contributed by atoms with Gasteiger partial charge in [0.05, 0.1) is 0 Å². The molecule has 0 radical (unpaired) electrons. The Morgan fingerprint density at radius 1 is 1.20 bits per heavy atom. The van der Waals surface area contributed by atoms with E-state index in [1.807, 2.05) is 19.6 Å². The molecule has 0 heterocycles. The van der Waals surface area contributed by atoms with Gasteiger partial charge in [0.1, 0.15) is 6.10 Å². The minimum atomic E-state index is -1.69. The lowest BCUT2D eigenvalue weighted by atomic mass is 10.4. The maximum absolute atomic E-state index is 9.02. The molecule has 0 saturated heterocycles. The number of rotatable bonds is 3. The molecular weight excluding hydrogens is 148 g/mol. The van der Waals surface area contributed by atoms with Gasteiger partial charge in [-0.15, -0.1) is 0 Å². The van der Waals surface area contributed by atoms with Crippen molar-refractivity contribution in [3.05, 3.63) is 0 Å². The maximum Gasteiger partial charge on any atom is 0.187 e. The van der Waals surface area contributed by atoms with E-state index in [9.17, 15) is 0 Å². The van der Waals surface area contributed by atoms with Gasteiger partial charge in [-0.3, -0.25) is 0 Å². The second-order valence-electron chi connectivity index (χ2n) is 3.36. The molecule has 0 fully saturated rings. The van der Waals surface area contributed by atoms with Crippen LogP contribution < -0.4 is 0 Å². The fraction of sp³-hybridized carbons (Fsp3) is 1.00. The zero-order chi connectivity index (χ0) is 8.36. The quantitative estimate of drug-likeness (QED) is 0.473. The smallest absolute Gasteiger partial charge is 0.187 e. The topological polar surface area (TPSA) is 49.7 Å². The summed E-state index contributed by atoms with van der Waals surface area (Å²) >= 11 is 0. The van der Waals surface area contributed by atoms with E-state index >= 15 is 0 Å². The van der Waals surface area contributed by atoms with Crippen LogP contribution in [0, 0.1) is 0 Å². The molecule has 0 aliphatic heterocycles. The first kappa shape index (κ1) is 10.1. The Morgan fingerprint density at radius 2 is 1.60 bits per heavy atom. The van der Waals surface area contributed by atoms with E-state index in [2.05, 4.69) is 0 Å². The Balaban J connectivity index is 3.68. The largest absolute Gasteiger partial charge is 0.391 e. The van der Waals surface area contributed by atoms with Crippen LogP contribution in [0.5, 0.6) is 0 Å². The lowest BCUT2D eigenvalue weighted by molar-refractivity contribution is -0.101. The molecule has 0 aliphatic rings. The fourth-order valence-electron chi connectivity index (χ4n) is 0.461. The number of aliphatic hydroxyl groups excluding tert-OH is 2. The van der Waals surface area contributed by atoms with Crippen molar-refractivity contribution >= 4 is 8.32 Å². The van der Waals surface area contributed by atoms with E-state index in [4.69, 9.17) is 14.6 Å². The molecule has 4 heteroatoms. The van der Waals surface area contributed by atoms with Gasteiger partial charge < -0.3 is 14.6 Å². The summed E-state index contributed by atoms with van der Waals surface area (Å²) in [5.41, 5.74) is 0. The summed E-state index contributed by atoms with van der Waals surface area (Å²) in [6, 6.07) is 0. The van der Waals surface area contributed by atoms with Crippen LogP contribution in [-0.2, 0) is 4.43 Å². The molecule has 0 aromatic rings. The van der Waals surface area contributed by atoms with Crippen molar-refractivity contribution in [2.24, 2.45) is 0 Å². The summed E-state index contributed by atoms with van der Waals surface area (Å²) < 4.78 is 5.14. The molecule has 0 aromatic carbocycles. The number of hydrogen-bond acceptors (Lipinski definition) is 3. The van der Waals surface area contributed by atoms with E-state index in [0.29, 0.717) is 0 Å². The lowest BCUT2D eigenvalue weighted by Gasteiger charge is -2.23. The number of hydrogen-bond donors (Lipinski definition) is 2. The van der Waals surface area contributed by atoms with Crippen molar-refractivity contribution in [1.29, 1.82) is 0 Å². The minimum absolute atomic E-state index is 0.799. The van der Waals surface area contributed by atoms with E-state index in [1.54, 1.807) is 0 Å². The van der Waals surface area contributed by atoms with Gasteiger partial charge in [0.25, 0.3) is 0 Å². The summed E-state index contributed by atoms with van der Waals surface area (Å²) in [7, 11) is -1.69. The van der Waals surface area contributed by atoms with Crippen LogP contribution in [0.1, 0.15) is 6.92 Å². The van der Waals surface area contributed by atoms with E-state index < -0.39 is 20.7 Å². The van der Waals surface area contributed by atoms with Crippen molar-refractivity contribution in [3.63, 3.8) is 0 Å². The van der Waals surface area contributed by atoms with Crippen LogP contribution >= 0.6 is 0 Å². The molecule has 10 heavy (non-hydrogen) atoms. The molecule has 0 spiro atoms. The van der Waals surface area contributed by atoms with Crippen LogP contribution in [0.2, 0.25) is 19.6 Å². The first-order valence-corrected chi connectivity index (χ1v) is 6.78. The summed E-state index contributed by atoms with van der Waals surface area (Å²) in [5.74, 6) is 0. The Labute approximate surface area is 62.8 Å². The highest BCUT2D eigenvalue weighted by Gasteiger charge is 2.21. The van der Waals surface area contributed by atoms with Gasteiger partial charge in [-0.2, -0.15) is 0 Å². The SMILES string of the molecule is CC(O)C(O)O[Si](C)(C)C. The average Bonchev–Trinajstić information content (AvgIpc) is 1.60. The van der Waals surface area contributed by atoms with Crippen molar-refractivity contribution in [3.8, 4) is 0 Å². The maximum atomic E-state index is 9.02. The molecule has 0 rings (SSSR count). The fourth-order valence-corrected chi connectivity index (χ4v) is 1.38. The second kappa shape index (κ2) is 3.48.